The lowest BCUT2D eigenvalue weighted by atomic mass is 9.95. The van der Waals surface area contributed by atoms with E-state index in [1.165, 1.54) is 12.3 Å². The molecule has 1 aliphatic rings. The summed E-state index contributed by atoms with van der Waals surface area (Å²) in [5.41, 5.74) is 0.778. The van der Waals surface area contributed by atoms with Gasteiger partial charge >= 0.3 is 0 Å². The molecule has 1 saturated heterocycles. The van der Waals surface area contributed by atoms with Gasteiger partial charge < -0.3 is 4.90 Å². The van der Waals surface area contributed by atoms with E-state index in [0.717, 1.165) is 30.9 Å². The number of hydrogen-bond acceptors (Lipinski definition) is 5. The summed E-state index contributed by atoms with van der Waals surface area (Å²) >= 11 is 0. The molecule has 3 rings (SSSR count). The van der Waals surface area contributed by atoms with Crippen molar-refractivity contribution in [1.29, 1.82) is 5.26 Å². The third kappa shape index (κ3) is 3.21. The second-order valence-corrected chi connectivity index (χ2v) is 5.60. The first-order chi connectivity index (χ1) is 11.2. The zero-order chi connectivity index (χ0) is 16.2. The number of H-pyrrole nitrogens is 1. The Morgan fingerprint density at radius 1 is 1.48 bits per heavy atom. The van der Waals surface area contributed by atoms with E-state index >= 15 is 0 Å². The number of piperidine rings is 1. The maximum atomic E-state index is 12.5. The summed E-state index contributed by atoms with van der Waals surface area (Å²) in [5, 5.41) is 16.1. The van der Waals surface area contributed by atoms with E-state index in [1.54, 1.807) is 6.07 Å². The smallest absolute Gasteiger partial charge is 0.254 e. The number of pyridine rings is 1. The Hall–Kier alpha value is -2.75. The minimum atomic E-state index is -0.0495. The van der Waals surface area contributed by atoms with Crippen LogP contribution >= 0.6 is 0 Å². The number of amides is 1. The van der Waals surface area contributed by atoms with Crippen molar-refractivity contribution in [1.82, 2.24) is 25.1 Å². The highest BCUT2D eigenvalue weighted by molar-refractivity contribution is 5.94. The summed E-state index contributed by atoms with van der Waals surface area (Å²) in [6.07, 6.45) is 4.04. The fourth-order valence-corrected chi connectivity index (χ4v) is 2.80. The minimum Gasteiger partial charge on any atom is -0.339 e. The lowest BCUT2D eigenvalue weighted by Gasteiger charge is -2.30. The van der Waals surface area contributed by atoms with Gasteiger partial charge in [0.15, 0.2) is 5.82 Å². The number of carbonyl (C=O) groups is 1. The predicted molar refractivity (Wildman–Crippen MR) is 82.6 cm³/mol. The van der Waals surface area contributed by atoms with E-state index in [0.29, 0.717) is 24.6 Å². The topological polar surface area (TPSA) is 98.6 Å². The van der Waals surface area contributed by atoms with E-state index in [1.807, 2.05) is 17.9 Å². The second kappa shape index (κ2) is 6.57. The lowest BCUT2D eigenvalue weighted by Crippen LogP contribution is -2.38. The summed E-state index contributed by atoms with van der Waals surface area (Å²) in [6, 6.07) is 5.15. The van der Waals surface area contributed by atoms with Gasteiger partial charge in [0.2, 0.25) is 0 Å². The van der Waals surface area contributed by atoms with Gasteiger partial charge in [-0.2, -0.15) is 10.4 Å². The van der Waals surface area contributed by atoms with Gasteiger partial charge in [-0.05, 0) is 25.0 Å². The van der Waals surface area contributed by atoms with Crippen LogP contribution in [0.2, 0.25) is 0 Å². The normalized spacial score (nSPS) is 15.4. The summed E-state index contributed by atoms with van der Waals surface area (Å²) in [6.45, 7) is 3.38. The molecule has 0 atom stereocenters. The number of carbonyl (C=O) groups excluding carboxylic acids is 1. The van der Waals surface area contributed by atoms with Crippen LogP contribution in [0.25, 0.3) is 0 Å². The molecule has 0 radical (unpaired) electrons. The molecule has 1 fully saturated rings. The molecule has 1 N–H and O–H groups in total. The lowest BCUT2D eigenvalue weighted by molar-refractivity contribution is 0.0711. The summed E-state index contributed by atoms with van der Waals surface area (Å²) in [7, 11) is 0. The highest BCUT2D eigenvalue weighted by atomic mass is 16.2. The van der Waals surface area contributed by atoms with Gasteiger partial charge in [0, 0.05) is 37.2 Å². The number of aryl methyl sites for hydroxylation is 1. The first kappa shape index (κ1) is 15.2. The number of nitrogens with zero attached hydrogens (tertiary/aromatic N) is 5. The van der Waals surface area contributed by atoms with Gasteiger partial charge in [0.1, 0.15) is 17.6 Å². The molecular formula is C16H18N6O. The van der Waals surface area contributed by atoms with Crippen molar-refractivity contribution in [3.8, 4) is 6.07 Å². The quantitative estimate of drug-likeness (QED) is 0.929. The van der Waals surface area contributed by atoms with Crippen LogP contribution < -0.4 is 0 Å². The van der Waals surface area contributed by atoms with Crippen LogP contribution in [0.15, 0.2) is 18.3 Å². The summed E-state index contributed by atoms with van der Waals surface area (Å²) < 4.78 is 0. The molecule has 0 bridgehead atoms. The second-order valence-electron chi connectivity index (χ2n) is 5.60. The number of aromatic nitrogens is 4. The average molecular weight is 310 g/mol. The van der Waals surface area contributed by atoms with E-state index in [9.17, 15) is 4.79 Å². The van der Waals surface area contributed by atoms with Crippen molar-refractivity contribution in [3.05, 3.63) is 41.2 Å². The van der Waals surface area contributed by atoms with Crippen molar-refractivity contribution in [2.75, 3.05) is 13.1 Å². The molecule has 0 aromatic carbocycles. The Kier molecular flexibility index (Phi) is 4.33. The molecule has 3 heterocycles. The van der Waals surface area contributed by atoms with Gasteiger partial charge in [-0.15, -0.1) is 0 Å². The zero-order valence-corrected chi connectivity index (χ0v) is 13.0. The molecule has 0 spiro atoms. The highest BCUT2D eigenvalue weighted by Gasteiger charge is 2.26. The third-order valence-electron chi connectivity index (χ3n) is 4.15. The minimum absolute atomic E-state index is 0.0495. The third-order valence-corrected chi connectivity index (χ3v) is 4.15. The van der Waals surface area contributed by atoms with Crippen LogP contribution in [0.3, 0.4) is 0 Å². The van der Waals surface area contributed by atoms with Crippen LogP contribution in [-0.2, 0) is 6.42 Å². The highest BCUT2D eigenvalue weighted by Crippen LogP contribution is 2.26. The first-order valence-corrected chi connectivity index (χ1v) is 7.78. The molecule has 7 nitrogen and oxygen atoms in total. The number of nitriles is 1. The van der Waals surface area contributed by atoms with Crippen LogP contribution in [0.1, 0.15) is 53.4 Å². The van der Waals surface area contributed by atoms with Crippen LogP contribution in [0.4, 0.5) is 0 Å². The molecule has 1 aliphatic heterocycles. The molecule has 23 heavy (non-hydrogen) atoms. The molecule has 0 unspecified atom stereocenters. The van der Waals surface area contributed by atoms with Crippen LogP contribution in [0, 0.1) is 11.3 Å². The molecule has 118 valence electrons. The standard InChI is InChI=1S/C16H18N6O/c1-2-14-19-15(21-20-14)11-4-7-22(8-5-11)16(23)12-3-6-18-13(9-12)10-17/h3,6,9,11H,2,4-5,7-8H2,1H3,(H,19,20,21). The van der Waals surface area contributed by atoms with E-state index in [4.69, 9.17) is 5.26 Å². The molecule has 0 saturated carbocycles. The number of rotatable bonds is 3. The molecule has 2 aromatic heterocycles. The first-order valence-electron chi connectivity index (χ1n) is 7.78. The van der Waals surface area contributed by atoms with Gasteiger partial charge in [0.05, 0.1) is 0 Å². The van der Waals surface area contributed by atoms with Crippen molar-refractivity contribution >= 4 is 5.91 Å². The molecular weight excluding hydrogens is 292 g/mol. The number of nitrogens with one attached hydrogen (secondary N) is 1. The summed E-state index contributed by atoms with van der Waals surface area (Å²) in [5.74, 6) is 2.00. The Morgan fingerprint density at radius 2 is 2.26 bits per heavy atom. The Bertz CT molecular complexity index is 739. The van der Waals surface area contributed by atoms with Gasteiger partial charge in [-0.3, -0.25) is 9.89 Å². The number of likely N-dealkylation sites (tertiary alicyclic amines) is 1. The number of aromatic amines is 1. The van der Waals surface area contributed by atoms with Gasteiger partial charge in [0.25, 0.3) is 5.91 Å². The molecule has 0 aliphatic carbocycles. The maximum absolute atomic E-state index is 12.5. The monoisotopic (exact) mass is 310 g/mol. The van der Waals surface area contributed by atoms with Crippen molar-refractivity contribution < 1.29 is 4.79 Å². The van der Waals surface area contributed by atoms with Gasteiger partial charge in [-0.1, -0.05) is 6.92 Å². The van der Waals surface area contributed by atoms with Gasteiger partial charge in [-0.25, -0.2) is 9.97 Å². The SMILES string of the molecule is CCc1nc(C2CCN(C(=O)c3ccnc(C#N)c3)CC2)n[nH]1. The van der Waals surface area contributed by atoms with E-state index in [2.05, 4.69) is 20.2 Å². The maximum Gasteiger partial charge on any atom is 0.254 e. The Balaban J connectivity index is 1.64. The van der Waals surface area contributed by atoms with Crippen LogP contribution in [-0.4, -0.2) is 44.1 Å². The van der Waals surface area contributed by atoms with Crippen molar-refractivity contribution in [2.45, 2.75) is 32.1 Å². The molecule has 2 aromatic rings. The molecule has 1 amide bonds. The fourth-order valence-electron chi connectivity index (χ4n) is 2.80. The predicted octanol–water partition coefficient (Wildman–Crippen LogP) is 1.65. The van der Waals surface area contributed by atoms with Crippen LogP contribution in [0.5, 0.6) is 0 Å². The van der Waals surface area contributed by atoms with Crippen molar-refractivity contribution in [3.63, 3.8) is 0 Å². The number of hydrogen-bond donors (Lipinski definition) is 1. The Labute approximate surface area is 134 Å². The molecule has 7 heteroatoms. The van der Waals surface area contributed by atoms with E-state index < -0.39 is 0 Å². The zero-order valence-electron chi connectivity index (χ0n) is 13.0. The largest absolute Gasteiger partial charge is 0.339 e. The summed E-state index contributed by atoms with van der Waals surface area (Å²) in [4.78, 5) is 22.7. The fraction of sp³-hybridized carbons (Fsp3) is 0.438. The average Bonchev–Trinajstić information content (AvgIpc) is 3.10. The van der Waals surface area contributed by atoms with Crippen molar-refractivity contribution in [2.24, 2.45) is 0 Å². The Morgan fingerprint density at radius 3 is 2.91 bits per heavy atom. The van der Waals surface area contributed by atoms with E-state index in [-0.39, 0.29) is 11.6 Å².